The summed E-state index contributed by atoms with van der Waals surface area (Å²) >= 11 is 9.93. The molecule has 1 N–H and O–H groups in total. The zero-order valence-electron chi connectivity index (χ0n) is 12.2. The first-order valence-electron chi connectivity index (χ1n) is 7.51. The second-order valence-corrected chi connectivity index (χ2v) is 7.34. The molecular formula is C17H20BrClN2. The Balaban J connectivity index is 1.95. The molecule has 1 aromatic heterocycles. The predicted molar refractivity (Wildman–Crippen MR) is 94.1 cm³/mol. The summed E-state index contributed by atoms with van der Waals surface area (Å²) in [6.07, 6.45) is 6.55. The summed E-state index contributed by atoms with van der Waals surface area (Å²) in [6.45, 7) is 2.32. The van der Waals surface area contributed by atoms with E-state index in [1.807, 2.05) is 12.3 Å². The van der Waals surface area contributed by atoms with Crippen molar-refractivity contribution >= 4 is 44.1 Å². The molecule has 112 valence electrons. The van der Waals surface area contributed by atoms with Crippen LogP contribution in [0.25, 0.3) is 10.8 Å². The van der Waals surface area contributed by atoms with Gasteiger partial charge < -0.3 is 5.32 Å². The third kappa shape index (κ3) is 3.04. The van der Waals surface area contributed by atoms with E-state index in [4.69, 9.17) is 11.6 Å². The number of nitrogens with zero attached hydrogens (tertiary/aromatic N) is 1. The summed E-state index contributed by atoms with van der Waals surface area (Å²) in [4.78, 5) is 4.56. The average molecular weight is 368 g/mol. The highest BCUT2D eigenvalue weighted by Gasteiger charge is 2.34. The normalized spacial score (nSPS) is 26.0. The minimum atomic E-state index is -0.0162. The molecule has 1 aliphatic carbocycles. The van der Waals surface area contributed by atoms with Crippen LogP contribution in [0.2, 0.25) is 0 Å². The van der Waals surface area contributed by atoms with Gasteiger partial charge in [-0.2, -0.15) is 0 Å². The molecule has 0 atom stereocenters. The zero-order valence-corrected chi connectivity index (χ0v) is 14.5. The molecule has 0 amide bonds. The zero-order chi connectivity index (χ0) is 14.9. The molecule has 0 bridgehead atoms. The van der Waals surface area contributed by atoms with Crippen molar-refractivity contribution in [2.24, 2.45) is 5.92 Å². The van der Waals surface area contributed by atoms with Crippen molar-refractivity contribution in [1.82, 2.24) is 4.98 Å². The lowest BCUT2D eigenvalue weighted by atomic mass is 9.78. The summed E-state index contributed by atoms with van der Waals surface area (Å²) < 4.78 is 1.10. The van der Waals surface area contributed by atoms with Crippen LogP contribution >= 0.6 is 27.5 Å². The molecule has 0 spiro atoms. The first kappa shape index (κ1) is 15.1. The van der Waals surface area contributed by atoms with Crippen molar-refractivity contribution in [3.8, 4) is 0 Å². The van der Waals surface area contributed by atoms with Crippen molar-refractivity contribution in [2.45, 2.75) is 38.1 Å². The van der Waals surface area contributed by atoms with Crippen LogP contribution in [0.3, 0.4) is 0 Å². The lowest BCUT2D eigenvalue weighted by molar-refractivity contribution is 0.286. The number of fused-ring (bicyclic) bond motifs is 1. The highest BCUT2D eigenvalue weighted by Crippen LogP contribution is 2.37. The number of alkyl halides is 1. The van der Waals surface area contributed by atoms with Crippen molar-refractivity contribution in [2.75, 3.05) is 11.2 Å². The fourth-order valence-electron chi connectivity index (χ4n) is 3.13. The van der Waals surface area contributed by atoms with Gasteiger partial charge in [-0.25, -0.2) is 4.98 Å². The highest BCUT2D eigenvalue weighted by atomic mass is 79.9. The third-order valence-electron chi connectivity index (χ3n) is 4.62. The van der Waals surface area contributed by atoms with Crippen molar-refractivity contribution in [3.05, 3.63) is 34.9 Å². The fourth-order valence-corrected chi connectivity index (χ4v) is 3.96. The Morgan fingerprint density at radius 1 is 1.29 bits per heavy atom. The lowest BCUT2D eigenvalue weighted by Crippen LogP contribution is -2.43. The molecule has 4 heteroatoms. The maximum atomic E-state index is 6.32. The second kappa shape index (κ2) is 6.13. The first-order chi connectivity index (χ1) is 10.1. The standard InChI is InChI=1S/C17H20BrClN2/c1-12-5-8-17(11-19,9-6-12)21-16-14-3-2-4-15(18)13(14)7-10-20-16/h2-4,7,10,12H,5-6,8-9,11H2,1H3,(H,20,21). The molecular weight excluding hydrogens is 348 g/mol. The van der Waals surface area contributed by atoms with Gasteiger partial charge in [0.15, 0.2) is 0 Å². The van der Waals surface area contributed by atoms with Crippen molar-refractivity contribution in [1.29, 1.82) is 0 Å². The smallest absolute Gasteiger partial charge is 0.134 e. The summed E-state index contributed by atoms with van der Waals surface area (Å²) in [5.41, 5.74) is -0.0162. The van der Waals surface area contributed by atoms with E-state index >= 15 is 0 Å². The van der Waals surface area contributed by atoms with E-state index in [0.29, 0.717) is 5.88 Å². The number of benzene rings is 1. The van der Waals surface area contributed by atoms with E-state index < -0.39 is 0 Å². The Bertz CT molecular complexity index is 636. The number of anilines is 1. The van der Waals surface area contributed by atoms with E-state index in [9.17, 15) is 0 Å². The molecule has 1 aliphatic rings. The quantitative estimate of drug-likeness (QED) is 0.714. The number of pyridine rings is 1. The number of halogens is 2. The Hall–Kier alpha value is -0.800. The summed E-state index contributed by atoms with van der Waals surface area (Å²) in [7, 11) is 0. The van der Waals surface area contributed by atoms with Crippen LogP contribution in [-0.2, 0) is 0 Å². The average Bonchev–Trinajstić information content (AvgIpc) is 2.51. The van der Waals surface area contributed by atoms with Crippen LogP contribution in [-0.4, -0.2) is 16.4 Å². The van der Waals surface area contributed by atoms with E-state index in [1.165, 1.54) is 18.2 Å². The molecule has 21 heavy (non-hydrogen) atoms. The molecule has 3 rings (SSSR count). The van der Waals surface area contributed by atoms with Gasteiger partial charge in [0.25, 0.3) is 0 Å². The molecule has 1 saturated carbocycles. The van der Waals surface area contributed by atoms with Crippen LogP contribution in [0.15, 0.2) is 34.9 Å². The predicted octanol–water partition coefficient (Wildman–Crippen LogP) is 5.60. The molecule has 1 aromatic carbocycles. The van der Waals surface area contributed by atoms with Crippen molar-refractivity contribution < 1.29 is 0 Å². The molecule has 1 heterocycles. The van der Waals surface area contributed by atoms with Crippen LogP contribution in [0.4, 0.5) is 5.82 Å². The second-order valence-electron chi connectivity index (χ2n) is 6.22. The van der Waals surface area contributed by atoms with Gasteiger partial charge in [-0.3, -0.25) is 0 Å². The topological polar surface area (TPSA) is 24.9 Å². The molecule has 2 nitrogen and oxygen atoms in total. The Morgan fingerprint density at radius 2 is 2.05 bits per heavy atom. The van der Waals surface area contributed by atoms with Gasteiger partial charge in [0.05, 0.1) is 5.54 Å². The molecule has 0 unspecified atom stereocenters. The summed E-state index contributed by atoms with van der Waals surface area (Å²) in [5, 5.41) is 6.00. The Labute approximate surface area is 139 Å². The number of hydrogen-bond acceptors (Lipinski definition) is 2. The number of rotatable bonds is 3. The summed E-state index contributed by atoms with van der Waals surface area (Å²) in [6, 6.07) is 8.27. The van der Waals surface area contributed by atoms with E-state index in [0.717, 1.165) is 34.4 Å². The van der Waals surface area contributed by atoms with E-state index in [1.54, 1.807) is 0 Å². The van der Waals surface area contributed by atoms with Crippen LogP contribution in [0.5, 0.6) is 0 Å². The fraction of sp³-hybridized carbons (Fsp3) is 0.471. The minimum absolute atomic E-state index is 0.0162. The summed E-state index contributed by atoms with van der Waals surface area (Å²) in [5.74, 6) is 2.38. The van der Waals surface area contributed by atoms with Crippen molar-refractivity contribution in [3.63, 3.8) is 0 Å². The SMILES string of the molecule is CC1CCC(CCl)(Nc2nccc3c(Br)cccc23)CC1. The maximum absolute atomic E-state index is 6.32. The highest BCUT2D eigenvalue weighted by molar-refractivity contribution is 9.10. The molecule has 2 aromatic rings. The molecule has 1 fully saturated rings. The number of aromatic nitrogens is 1. The van der Waals surface area contributed by atoms with Gasteiger partial charge in [0, 0.05) is 27.3 Å². The molecule has 0 saturated heterocycles. The van der Waals surface area contributed by atoms with Crippen LogP contribution in [0, 0.1) is 5.92 Å². The largest absolute Gasteiger partial charge is 0.363 e. The van der Waals surface area contributed by atoms with Gasteiger partial charge in [-0.15, -0.1) is 11.6 Å². The number of hydrogen-bond donors (Lipinski definition) is 1. The third-order valence-corrected chi connectivity index (χ3v) is 5.83. The minimum Gasteiger partial charge on any atom is -0.363 e. The van der Waals surface area contributed by atoms with E-state index in [2.05, 4.69) is 51.4 Å². The first-order valence-corrected chi connectivity index (χ1v) is 8.84. The Morgan fingerprint density at radius 3 is 2.76 bits per heavy atom. The number of nitrogens with one attached hydrogen (secondary N) is 1. The Kier molecular flexibility index (Phi) is 4.41. The molecule has 0 radical (unpaired) electrons. The monoisotopic (exact) mass is 366 g/mol. The van der Waals surface area contributed by atoms with Gasteiger partial charge >= 0.3 is 0 Å². The maximum Gasteiger partial charge on any atom is 0.134 e. The van der Waals surface area contributed by atoms with Gasteiger partial charge in [-0.05, 0) is 43.7 Å². The van der Waals surface area contributed by atoms with E-state index in [-0.39, 0.29) is 5.54 Å². The van der Waals surface area contributed by atoms with Gasteiger partial charge in [0.2, 0.25) is 0 Å². The van der Waals surface area contributed by atoms with Gasteiger partial charge in [-0.1, -0.05) is 35.0 Å². The molecule has 0 aliphatic heterocycles. The van der Waals surface area contributed by atoms with Crippen LogP contribution < -0.4 is 5.32 Å². The lowest BCUT2D eigenvalue weighted by Gasteiger charge is -2.39. The van der Waals surface area contributed by atoms with Gasteiger partial charge in [0.1, 0.15) is 5.82 Å². The van der Waals surface area contributed by atoms with Crippen LogP contribution in [0.1, 0.15) is 32.6 Å².